The van der Waals surface area contributed by atoms with Crippen LogP contribution in [0.15, 0.2) is 24.3 Å². The van der Waals surface area contributed by atoms with Gasteiger partial charge in [0.15, 0.2) is 0 Å². The molecular weight excluding hydrogens is 639 g/mol. The molecule has 52 heavy (non-hydrogen) atoms. The molecule has 1 rings (SSSR count). The Morgan fingerprint density at radius 1 is 0.442 bits per heavy atom. The van der Waals surface area contributed by atoms with Gasteiger partial charge >= 0.3 is 0 Å². The van der Waals surface area contributed by atoms with Gasteiger partial charge in [0.05, 0.1) is 32.8 Å². The zero-order valence-corrected chi connectivity index (χ0v) is 35.6. The van der Waals surface area contributed by atoms with E-state index in [0.29, 0.717) is 0 Å². The Bertz CT molecular complexity index is 749. The molecule has 0 unspecified atom stereocenters. The third kappa shape index (κ3) is 32.7. The third-order valence-electron chi connectivity index (χ3n) is 11.5. The van der Waals surface area contributed by atoms with Crippen molar-refractivity contribution in [2.75, 3.05) is 78.8 Å². The molecule has 0 atom stereocenters. The van der Waals surface area contributed by atoms with Crippen molar-refractivity contribution in [1.29, 1.82) is 0 Å². The van der Waals surface area contributed by atoms with Gasteiger partial charge < -0.3 is 19.7 Å². The highest BCUT2D eigenvalue weighted by Gasteiger charge is 2.32. The molecule has 308 valence electrons. The van der Waals surface area contributed by atoms with E-state index in [1.807, 2.05) is 0 Å². The molecule has 5 nitrogen and oxygen atoms in total. The maximum absolute atomic E-state index is 6.17. The summed E-state index contributed by atoms with van der Waals surface area (Å²) in [4.78, 5) is 2.62. The summed E-state index contributed by atoms with van der Waals surface area (Å²) in [5.74, 6) is 0. The number of hydrogen-bond acceptors (Lipinski definition) is 4. The first-order valence-electron chi connectivity index (χ1n) is 23.5. The standard InChI is InChI=1S/C47H94N3O2/c1-3-5-7-9-11-13-15-17-19-21-23-25-27-29-31-33-44-51-46-39-49-37-41-50(42-38-49,40-35-36-48)43-47-52-45-34-32-30-28-26-24-22-20-18-16-14-12-10-8-6-4-2/h17-20H,3-16,21-48H2,1-2H3/q+1. The van der Waals surface area contributed by atoms with Crippen molar-refractivity contribution < 1.29 is 14.0 Å². The number of hydrogen-bond donors (Lipinski definition) is 1. The number of rotatable bonds is 41. The number of allylic oxidation sites excluding steroid dienone is 4. The summed E-state index contributed by atoms with van der Waals surface area (Å²) in [6, 6.07) is 0. The lowest BCUT2D eigenvalue weighted by atomic mass is 10.1. The molecule has 0 saturated carbocycles. The Morgan fingerprint density at radius 2 is 0.827 bits per heavy atom. The van der Waals surface area contributed by atoms with Crippen LogP contribution in [0.4, 0.5) is 0 Å². The first-order chi connectivity index (χ1) is 25.8. The Hall–Kier alpha value is -0.720. The number of ether oxygens (including phenoxy) is 2. The average molecular weight is 733 g/mol. The van der Waals surface area contributed by atoms with E-state index >= 15 is 0 Å². The van der Waals surface area contributed by atoms with E-state index in [4.69, 9.17) is 15.2 Å². The van der Waals surface area contributed by atoms with Crippen molar-refractivity contribution in [3.63, 3.8) is 0 Å². The molecule has 0 aromatic carbocycles. The molecule has 1 fully saturated rings. The van der Waals surface area contributed by atoms with Gasteiger partial charge in [0.2, 0.25) is 0 Å². The van der Waals surface area contributed by atoms with Crippen LogP contribution < -0.4 is 5.73 Å². The highest BCUT2D eigenvalue weighted by atomic mass is 16.5. The second-order valence-corrected chi connectivity index (χ2v) is 16.3. The molecule has 1 saturated heterocycles. The summed E-state index contributed by atoms with van der Waals surface area (Å²) in [5, 5.41) is 0. The fourth-order valence-electron chi connectivity index (χ4n) is 7.70. The van der Waals surface area contributed by atoms with Crippen LogP contribution >= 0.6 is 0 Å². The Morgan fingerprint density at radius 3 is 1.25 bits per heavy atom. The molecule has 0 aliphatic carbocycles. The zero-order valence-electron chi connectivity index (χ0n) is 35.6. The Kier molecular flexibility index (Phi) is 37.9. The molecule has 1 aliphatic heterocycles. The highest BCUT2D eigenvalue weighted by Crippen LogP contribution is 2.16. The Balaban J connectivity index is 1.94. The van der Waals surface area contributed by atoms with E-state index in [1.165, 1.54) is 217 Å². The maximum atomic E-state index is 6.17. The lowest BCUT2D eigenvalue weighted by Gasteiger charge is -2.45. The molecule has 0 amide bonds. The molecule has 0 aromatic rings. The van der Waals surface area contributed by atoms with Gasteiger partial charge in [-0.15, -0.1) is 0 Å². The van der Waals surface area contributed by atoms with E-state index in [2.05, 4.69) is 43.1 Å². The average Bonchev–Trinajstić information content (AvgIpc) is 3.16. The van der Waals surface area contributed by atoms with Crippen LogP contribution in [0.5, 0.6) is 0 Å². The third-order valence-corrected chi connectivity index (χ3v) is 11.5. The van der Waals surface area contributed by atoms with Gasteiger partial charge in [-0.3, -0.25) is 4.90 Å². The van der Waals surface area contributed by atoms with Gasteiger partial charge in [-0.05, 0) is 70.8 Å². The first-order valence-corrected chi connectivity index (χ1v) is 23.5. The Labute approximate surface area is 326 Å². The molecule has 2 N–H and O–H groups in total. The summed E-state index contributed by atoms with van der Waals surface area (Å²) in [7, 11) is 0. The van der Waals surface area contributed by atoms with Gasteiger partial charge in [-0.2, -0.15) is 0 Å². The minimum Gasteiger partial charge on any atom is -0.380 e. The van der Waals surface area contributed by atoms with Crippen LogP contribution in [0.2, 0.25) is 0 Å². The van der Waals surface area contributed by atoms with Crippen molar-refractivity contribution in [2.45, 2.75) is 200 Å². The van der Waals surface area contributed by atoms with Gasteiger partial charge in [0, 0.05) is 39.3 Å². The zero-order chi connectivity index (χ0) is 37.3. The minimum absolute atomic E-state index is 0.796. The summed E-state index contributed by atoms with van der Waals surface area (Å²) >= 11 is 0. The number of piperazine rings is 1. The van der Waals surface area contributed by atoms with Crippen molar-refractivity contribution in [1.82, 2.24) is 4.90 Å². The fourth-order valence-corrected chi connectivity index (χ4v) is 7.70. The quantitative estimate of drug-likeness (QED) is 0.0386. The molecule has 0 aromatic heterocycles. The lowest BCUT2D eigenvalue weighted by Crippen LogP contribution is -2.61. The van der Waals surface area contributed by atoms with E-state index in [-0.39, 0.29) is 0 Å². The van der Waals surface area contributed by atoms with Crippen LogP contribution in [0.1, 0.15) is 200 Å². The van der Waals surface area contributed by atoms with Crippen LogP contribution in [0.25, 0.3) is 0 Å². The monoisotopic (exact) mass is 733 g/mol. The van der Waals surface area contributed by atoms with E-state index in [1.54, 1.807) is 0 Å². The molecule has 0 bridgehead atoms. The first kappa shape index (κ1) is 49.3. The van der Waals surface area contributed by atoms with Gasteiger partial charge in [-0.25, -0.2) is 0 Å². The predicted molar refractivity (Wildman–Crippen MR) is 230 cm³/mol. The number of nitrogens with zero attached hydrogens (tertiary/aromatic N) is 2. The van der Waals surface area contributed by atoms with Crippen LogP contribution in [-0.4, -0.2) is 88.2 Å². The molecule has 0 radical (unpaired) electrons. The van der Waals surface area contributed by atoms with E-state index in [0.717, 1.165) is 52.5 Å². The van der Waals surface area contributed by atoms with Gasteiger partial charge in [0.1, 0.15) is 6.54 Å². The highest BCUT2D eigenvalue weighted by molar-refractivity contribution is 4.82. The van der Waals surface area contributed by atoms with Crippen molar-refractivity contribution in [3.05, 3.63) is 24.3 Å². The van der Waals surface area contributed by atoms with Crippen molar-refractivity contribution in [3.8, 4) is 0 Å². The van der Waals surface area contributed by atoms with Crippen LogP contribution in [0, 0.1) is 0 Å². The molecule has 0 spiro atoms. The molecular formula is C47H94N3O2+. The van der Waals surface area contributed by atoms with E-state index < -0.39 is 0 Å². The van der Waals surface area contributed by atoms with Crippen molar-refractivity contribution in [2.24, 2.45) is 5.73 Å². The number of quaternary nitrogens is 1. The summed E-state index contributed by atoms with van der Waals surface area (Å²) in [5.41, 5.74) is 5.94. The maximum Gasteiger partial charge on any atom is 0.102 e. The van der Waals surface area contributed by atoms with Crippen molar-refractivity contribution >= 4 is 0 Å². The largest absolute Gasteiger partial charge is 0.380 e. The molecule has 5 heteroatoms. The summed E-state index contributed by atoms with van der Waals surface area (Å²) < 4.78 is 13.4. The summed E-state index contributed by atoms with van der Waals surface area (Å²) in [6.45, 7) is 17.3. The normalized spacial score (nSPS) is 15.1. The second-order valence-electron chi connectivity index (χ2n) is 16.3. The number of unbranched alkanes of at least 4 members (excludes halogenated alkanes) is 24. The smallest absolute Gasteiger partial charge is 0.102 e. The van der Waals surface area contributed by atoms with Crippen LogP contribution in [-0.2, 0) is 9.47 Å². The minimum atomic E-state index is 0.796. The van der Waals surface area contributed by atoms with Gasteiger partial charge in [0.25, 0.3) is 0 Å². The SMILES string of the molecule is CCCCCCCCC=CCCCCCCCCOCCN1CC[N+](CCCN)(CCOCCCCCCCCC=CCCCCCCCC)CC1. The molecule has 1 aliphatic rings. The second kappa shape index (κ2) is 40.0. The molecule has 1 heterocycles. The topological polar surface area (TPSA) is 47.7 Å². The fraction of sp³-hybridized carbons (Fsp3) is 0.915. The van der Waals surface area contributed by atoms with Gasteiger partial charge in [-0.1, -0.05) is 154 Å². The number of nitrogens with two attached hydrogens (primary N) is 1. The lowest BCUT2D eigenvalue weighted by molar-refractivity contribution is -0.932. The van der Waals surface area contributed by atoms with Crippen LogP contribution in [0.3, 0.4) is 0 Å². The predicted octanol–water partition coefficient (Wildman–Crippen LogP) is 12.6. The summed E-state index contributed by atoms with van der Waals surface area (Å²) in [6.07, 6.45) is 48.8. The van der Waals surface area contributed by atoms with E-state index in [9.17, 15) is 0 Å².